The van der Waals surface area contributed by atoms with Crippen molar-refractivity contribution >= 4 is 0 Å². The van der Waals surface area contributed by atoms with E-state index >= 15 is 0 Å². The average molecular weight is 210 g/mol. The molecule has 84 valence electrons. The summed E-state index contributed by atoms with van der Waals surface area (Å²) in [6.07, 6.45) is 2.15. The van der Waals surface area contributed by atoms with Crippen LogP contribution in [-0.2, 0) is 13.0 Å². The molecule has 5 nitrogen and oxygen atoms in total. The number of nitrogens with zero attached hydrogens (tertiary/aromatic N) is 3. The van der Waals surface area contributed by atoms with Crippen molar-refractivity contribution in [3.8, 4) is 0 Å². The number of rotatable bonds is 4. The Hall–Kier alpha value is -0.940. The summed E-state index contributed by atoms with van der Waals surface area (Å²) in [5, 5.41) is 6.91. The van der Waals surface area contributed by atoms with Gasteiger partial charge in [-0.3, -0.25) is 0 Å². The zero-order valence-corrected chi connectivity index (χ0v) is 9.36. The molecule has 1 N–H and O–H groups in total. The van der Waals surface area contributed by atoms with Gasteiger partial charge >= 0.3 is 0 Å². The highest BCUT2D eigenvalue weighted by Crippen LogP contribution is 2.18. The normalized spacial score (nSPS) is 22.4. The topological polar surface area (TPSA) is 54.2 Å². The van der Waals surface area contributed by atoms with E-state index in [1.54, 1.807) is 0 Å². The lowest BCUT2D eigenvalue weighted by Crippen LogP contribution is -2.15. The molecule has 0 saturated carbocycles. The van der Waals surface area contributed by atoms with E-state index in [-0.39, 0.29) is 0 Å². The molecule has 0 radical (unpaired) electrons. The highest BCUT2D eigenvalue weighted by molar-refractivity contribution is 4.89. The summed E-state index contributed by atoms with van der Waals surface area (Å²) in [5.74, 6) is 2.21. The Morgan fingerprint density at radius 1 is 1.60 bits per heavy atom. The molecule has 2 rings (SSSR count). The van der Waals surface area contributed by atoms with Gasteiger partial charge in [-0.1, -0.05) is 5.16 Å². The molecule has 0 aromatic carbocycles. The SMILES string of the molecule is CNCc1noc(CC2CCN(C)C2)n1. The summed E-state index contributed by atoms with van der Waals surface area (Å²) >= 11 is 0. The molecule has 0 amide bonds. The van der Waals surface area contributed by atoms with Gasteiger partial charge in [0.25, 0.3) is 0 Å². The molecule has 0 aliphatic carbocycles. The highest BCUT2D eigenvalue weighted by atomic mass is 16.5. The molecule has 0 bridgehead atoms. The maximum absolute atomic E-state index is 5.19. The lowest BCUT2D eigenvalue weighted by atomic mass is 10.1. The third-order valence-corrected chi connectivity index (χ3v) is 2.80. The van der Waals surface area contributed by atoms with Crippen LogP contribution in [-0.4, -0.2) is 42.2 Å². The van der Waals surface area contributed by atoms with Crippen LogP contribution in [0.15, 0.2) is 4.52 Å². The molecule has 1 fully saturated rings. The van der Waals surface area contributed by atoms with Crippen LogP contribution in [0.3, 0.4) is 0 Å². The fourth-order valence-corrected chi connectivity index (χ4v) is 2.04. The lowest BCUT2D eigenvalue weighted by molar-refractivity contribution is 0.340. The van der Waals surface area contributed by atoms with Gasteiger partial charge in [0.2, 0.25) is 5.89 Å². The van der Waals surface area contributed by atoms with Crippen molar-refractivity contribution in [2.75, 3.05) is 27.2 Å². The van der Waals surface area contributed by atoms with Crippen molar-refractivity contribution in [2.24, 2.45) is 5.92 Å². The van der Waals surface area contributed by atoms with Crippen LogP contribution >= 0.6 is 0 Å². The Balaban J connectivity index is 1.87. The summed E-state index contributed by atoms with van der Waals surface area (Å²) in [7, 11) is 4.03. The predicted octanol–water partition coefficient (Wildman–Crippen LogP) is 0.283. The third-order valence-electron chi connectivity index (χ3n) is 2.80. The van der Waals surface area contributed by atoms with Gasteiger partial charge in [0.1, 0.15) is 0 Å². The van der Waals surface area contributed by atoms with Crippen molar-refractivity contribution in [1.82, 2.24) is 20.4 Å². The van der Waals surface area contributed by atoms with Crippen LogP contribution in [0.5, 0.6) is 0 Å². The monoisotopic (exact) mass is 210 g/mol. The minimum atomic E-state index is 0.675. The largest absolute Gasteiger partial charge is 0.339 e. The number of nitrogens with one attached hydrogen (secondary N) is 1. The molecule has 2 heterocycles. The standard InChI is InChI=1S/C10H18N4O/c1-11-6-9-12-10(15-13-9)5-8-3-4-14(2)7-8/h8,11H,3-7H2,1-2H3. The molecule has 1 aromatic heterocycles. The smallest absolute Gasteiger partial charge is 0.227 e. The quantitative estimate of drug-likeness (QED) is 0.773. The van der Waals surface area contributed by atoms with E-state index in [0.29, 0.717) is 12.5 Å². The zero-order chi connectivity index (χ0) is 10.7. The minimum absolute atomic E-state index is 0.675. The van der Waals surface area contributed by atoms with Gasteiger partial charge in [-0.05, 0) is 33.0 Å². The molecule has 5 heteroatoms. The second kappa shape index (κ2) is 4.72. The number of aromatic nitrogens is 2. The molecule has 1 saturated heterocycles. The Morgan fingerprint density at radius 3 is 3.13 bits per heavy atom. The summed E-state index contributed by atoms with van der Waals surface area (Å²) < 4.78 is 5.19. The fraction of sp³-hybridized carbons (Fsp3) is 0.800. The van der Waals surface area contributed by atoms with Gasteiger partial charge in [-0.15, -0.1) is 0 Å². The van der Waals surface area contributed by atoms with E-state index in [9.17, 15) is 0 Å². The zero-order valence-electron chi connectivity index (χ0n) is 9.36. The van der Waals surface area contributed by atoms with Crippen LogP contribution in [0.1, 0.15) is 18.1 Å². The number of hydrogen-bond donors (Lipinski definition) is 1. The van der Waals surface area contributed by atoms with Gasteiger partial charge < -0.3 is 14.7 Å². The van der Waals surface area contributed by atoms with Crippen molar-refractivity contribution in [3.63, 3.8) is 0 Å². The molecule has 1 aliphatic heterocycles. The lowest BCUT2D eigenvalue weighted by Gasteiger charge is -2.06. The van der Waals surface area contributed by atoms with Crippen LogP contribution in [0.2, 0.25) is 0 Å². The van der Waals surface area contributed by atoms with E-state index < -0.39 is 0 Å². The van der Waals surface area contributed by atoms with Crippen LogP contribution in [0, 0.1) is 5.92 Å². The Morgan fingerprint density at radius 2 is 2.47 bits per heavy atom. The van der Waals surface area contributed by atoms with Crippen molar-refractivity contribution in [2.45, 2.75) is 19.4 Å². The van der Waals surface area contributed by atoms with E-state index in [1.807, 2.05) is 7.05 Å². The Labute approximate surface area is 89.8 Å². The first kappa shape index (κ1) is 10.6. The van der Waals surface area contributed by atoms with Gasteiger partial charge in [-0.2, -0.15) is 4.98 Å². The summed E-state index contributed by atoms with van der Waals surface area (Å²) in [5.41, 5.74) is 0. The van der Waals surface area contributed by atoms with Gasteiger partial charge in [0, 0.05) is 13.0 Å². The molecule has 0 spiro atoms. The second-order valence-electron chi connectivity index (χ2n) is 4.26. The molecular weight excluding hydrogens is 192 g/mol. The van der Waals surface area contributed by atoms with Crippen molar-refractivity contribution in [1.29, 1.82) is 0 Å². The van der Waals surface area contributed by atoms with Crippen LogP contribution in [0.25, 0.3) is 0 Å². The van der Waals surface area contributed by atoms with E-state index in [4.69, 9.17) is 4.52 Å². The van der Waals surface area contributed by atoms with Gasteiger partial charge in [-0.25, -0.2) is 0 Å². The first-order valence-corrected chi connectivity index (χ1v) is 5.42. The van der Waals surface area contributed by atoms with E-state index in [0.717, 1.165) is 24.7 Å². The molecule has 15 heavy (non-hydrogen) atoms. The third kappa shape index (κ3) is 2.76. The van der Waals surface area contributed by atoms with Crippen LogP contribution < -0.4 is 5.32 Å². The van der Waals surface area contributed by atoms with Crippen molar-refractivity contribution in [3.05, 3.63) is 11.7 Å². The first-order valence-electron chi connectivity index (χ1n) is 5.42. The highest BCUT2D eigenvalue weighted by Gasteiger charge is 2.21. The van der Waals surface area contributed by atoms with E-state index in [2.05, 4.69) is 27.4 Å². The first-order chi connectivity index (χ1) is 7.28. The molecule has 1 aromatic rings. The Bertz CT molecular complexity index is 312. The van der Waals surface area contributed by atoms with Gasteiger partial charge in [0.05, 0.1) is 6.54 Å². The number of likely N-dealkylation sites (tertiary alicyclic amines) is 1. The summed E-state index contributed by atoms with van der Waals surface area (Å²) in [4.78, 5) is 6.67. The molecular formula is C10H18N4O. The fourth-order valence-electron chi connectivity index (χ4n) is 2.04. The summed E-state index contributed by atoms with van der Waals surface area (Å²) in [6, 6.07) is 0. The van der Waals surface area contributed by atoms with Crippen LogP contribution in [0.4, 0.5) is 0 Å². The summed E-state index contributed by atoms with van der Waals surface area (Å²) in [6.45, 7) is 3.00. The second-order valence-corrected chi connectivity index (χ2v) is 4.26. The minimum Gasteiger partial charge on any atom is -0.339 e. The van der Waals surface area contributed by atoms with Crippen molar-refractivity contribution < 1.29 is 4.52 Å². The van der Waals surface area contributed by atoms with Gasteiger partial charge in [0.15, 0.2) is 5.82 Å². The maximum Gasteiger partial charge on any atom is 0.227 e. The molecule has 1 aliphatic rings. The maximum atomic E-state index is 5.19. The average Bonchev–Trinajstić information content (AvgIpc) is 2.78. The molecule has 1 unspecified atom stereocenters. The van der Waals surface area contributed by atoms with E-state index in [1.165, 1.54) is 13.0 Å². The predicted molar refractivity (Wildman–Crippen MR) is 56.4 cm³/mol. The Kier molecular flexibility index (Phi) is 3.33. The molecule has 1 atom stereocenters. The number of hydrogen-bond acceptors (Lipinski definition) is 5.